The first kappa shape index (κ1) is 24.4. The lowest BCUT2D eigenvalue weighted by Crippen LogP contribution is -2.46. The number of halogens is 2. The van der Waals surface area contributed by atoms with E-state index in [0.29, 0.717) is 5.92 Å². The Bertz CT molecular complexity index is 440. The summed E-state index contributed by atoms with van der Waals surface area (Å²) in [5.41, 5.74) is 8.09. The van der Waals surface area contributed by atoms with Gasteiger partial charge in [0, 0.05) is 12.6 Å². The third-order valence-electron chi connectivity index (χ3n) is 3.41. The normalized spacial score (nSPS) is 13.0. The first-order valence-electron chi connectivity index (χ1n) is 7.56. The lowest BCUT2D eigenvalue weighted by atomic mass is 10.0. The van der Waals surface area contributed by atoms with Crippen LogP contribution < -0.4 is 11.1 Å². The van der Waals surface area contributed by atoms with Crippen LogP contribution in [0.3, 0.4) is 0 Å². The number of carbonyl (C=O) groups is 1. The van der Waals surface area contributed by atoms with Gasteiger partial charge in [0.25, 0.3) is 0 Å². The van der Waals surface area contributed by atoms with Crippen molar-refractivity contribution < 1.29 is 4.79 Å². The van der Waals surface area contributed by atoms with Crippen LogP contribution in [0.1, 0.15) is 37.4 Å². The van der Waals surface area contributed by atoms with Gasteiger partial charge in [-0.3, -0.25) is 4.79 Å². The van der Waals surface area contributed by atoms with Crippen LogP contribution in [0.2, 0.25) is 0 Å². The molecule has 0 radical (unpaired) electrons. The molecule has 134 valence electrons. The Morgan fingerprint density at radius 3 is 2.13 bits per heavy atom. The number of carbonyl (C=O) groups excluding carboxylic acids is 1. The van der Waals surface area contributed by atoms with Gasteiger partial charge in [0.15, 0.2) is 0 Å². The number of rotatable bonds is 7. The van der Waals surface area contributed by atoms with Gasteiger partial charge in [-0.25, -0.2) is 0 Å². The Labute approximate surface area is 153 Å². The number of hydrogen-bond donors (Lipinski definition) is 2. The maximum Gasteiger partial charge on any atom is 0.241 e. The van der Waals surface area contributed by atoms with Gasteiger partial charge in [-0.2, -0.15) is 0 Å². The molecule has 0 spiro atoms. The van der Waals surface area contributed by atoms with E-state index in [1.807, 2.05) is 45.3 Å². The number of nitrogens with one attached hydrogen (secondary N) is 1. The fourth-order valence-corrected chi connectivity index (χ4v) is 2.41. The molecule has 0 heterocycles. The highest BCUT2D eigenvalue weighted by Gasteiger charge is 2.20. The molecule has 2 atom stereocenters. The highest BCUT2D eigenvalue weighted by atomic mass is 35.5. The smallest absolute Gasteiger partial charge is 0.241 e. The van der Waals surface area contributed by atoms with Crippen molar-refractivity contribution in [3.05, 3.63) is 35.4 Å². The number of benzene rings is 1. The van der Waals surface area contributed by atoms with E-state index < -0.39 is 6.04 Å². The largest absolute Gasteiger partial charge is 0.350 e. The van der Waals surface area contributed by atoms with Gasteiger partial charge in [-0.15, -0.1) is 24.8 Å². The van der Waals surface area contributed by atoms with Gasteiger partial charge in [-0.1, -0.05) is 43.7 Å². The van der Waals surface area contributed by atoms with Crippen LogP contribution >= 0.6 is 24.8 Å². The van der Waals surface area contributed by atoms with Crippen molar-refractivity contribution in [2.45, 2.75) is 39.3 Å². The molecular weight excluding hydrogens is 333 g/mol. The Hall–Kier alpha value is -0.810. The number of amides is 1. The molecule has 2 unspecified atom stereocenters. The predicted molar refractivity (Wildman–Crippen MR) is 103 cm³/mol. The van der Waals surface area contributed by atoms with Crippen molar-refractivity contribution in [3.63, 3.8) is 0 Å². The van der Waals surface area contributed by atoms with Crippen molar-refractivity contribution in [1.82, 2.24) is 10.2 Å². The van der Waals surface area contributed by atoms with Gasteiger partial charge in [0.2, 0.25) is 5.91 Å². The molecule has 0 aliphatic carbocycles. The molecule has 0 saturated carbocycles. The molecule has 6 heteroatoms. The van der Waals surface area contributed by atoms with Gasteiger partial charge in [-0.05, 0) is 38.9 Å². The number of nitrogens with two attached hydrogens (primary N) is 1. The van der Waals surface area contributed by atoms with Gasteiger partial charge >= 0.3 is 0 Å². The maximum atomic E-state index is 12.3. The first-order chi connectivity index (χ1) is 9.79. The molecule has 0 bridgehead atoms. The van der Waals surface area contributed by atoms with E-state index in [0.717, 1.165) is 24.1 Å². The van der Waals surface area contributed by atoms with E-state index in [1.54, 1.807) is 0 Å². The molecule has 1 amide bonds. The Kier molecular flexibility index (Phi) is 12.4. The summed E-state index contributed by atoms with van der Waals surface area (Å²) in [6.45, 7) is 7.17. The van der Waals surface area contributed by atoms with Gasteiger partial charge < -0.3 is 16.0 Å². The van der Waals surface area contributed by atoms with Gasteiger partial charge in [0.1, 0.15) is 6.04 Å². The average Bonchev–Trinajstić information content (AvgIpc) is 2.37. The number of nitrogens with zero attached hydrogens (tertiary/aromatic N) is 1. The topological polar surface area (TPSA) is 58.4 Å². The molecule has 1 aromatic rings. The zero-order valence-electron chi connectivity index (χ0n) is 14.7. The number of hydrogen-bond acceptors (Lipinski definition) is 3. The van der Waals surface area contributed by atoms with E-state index in [9.17, 15) is 4.79 Å². The van der Waals surface area contributed by atoms with Crippen molar-refractivity contribution in [3.8, 4) is 0 Å². The molecular formula is C17H31Cl2N3O. The monoisotopic (exact) mass is 363 g/mol. The predicted octanol–water partition coefficient (Wildman–Crippen LogP) is 2.93. The highest BCUT2D eigenvalue weighted by molar-refractivity contribution is 5.85. The molecule has 0 aliphatic rings. The quantitative estimate of drug-likeness (QED) is 0.782. The summed E-state index contributed by atoms with van der Waals surface area (Å²) in [5.74, 6) is 0.428. The second-order valence-corrected chi connectivity index (χ2v) is 6.49. The third kappa shape index (κ3) is 9.16. The zero-order valence-corrected chi connectivity index (χ0v) is 16.3. The molecule has 3 N–H and O–H groups in total. The molecule has 4 nitrogen and oxygen atoms in total. The summed E-state index contributed by atoms with van der Waals surface area (Å²) in [5, 5.41) is 3.09. The minimum absolute atomic E-state index is 0. The summed E-state index contributed by atoms with van der Waals surface area (Å²) < 4.78 is 0. The summed E-state index contributed by atoms with van der Waals surface area (Å²) in [4.78, 5) is 14.4. The molecule has 1 rings (SSSR count). The van der Waals surface area contributed by atoms with Gasteiger partial charge in [0.05, 0.1) is 0 Å². The van der Waals surface area contributed by atoms with Crippen LogP contribution in [0.25, 0.3) is 0 Å². The van der Waals surface area contributed by atoms with E-state index in [2.05, 4.69) is 24.1 Å². The average molecular weight is 364 g/mol. The molecule has 1 aromatic carbocycles. The van der Waals surface area contributed by atoms with Crippen LogP contribution in [-0.4, -0.2) is 37.5 Å². The lowest BCUT2D eigenvalue weighted by molar-refractivity contribution is -0.123. The Morgan fingerprint density at radius 2 is 1.70 bits per heavy atom. The Morgan fingerprint density at radius 1 is 1.17 bits per heavy atom. The summed E-state index contributed by atoms with van der Waals surface area (Å²) in [6.07, 6.45) is 0.949. The molecule has 0 aromatic heterocycles. The summed E-state index contributed by atoms with van der Waals surface area (Å²) in [7, 11) is 4.03. The van der Waals surface area contributed by atoms with Crippen LogP contribution in [0.5, 0.6) is 0 Å². The first-order valence-corrected chi connectivity index (χ1v) is 7.56. The SMILES string of the molecule is Cc1ccc(C(N)C(=O)NC(CC(C)C)CN(C)C)cc1.Cl.Cl. The zero-order chi connectivity index (χ0) is 16.0. The standard InChI is InChI=1S/C17H29N3O.2ClH/c1-12(2)10-15(11-20(4)5)19-17(21)16(18)14-8-6-13(3)7-9-14;;/h6-9,12,15-16H,10-11,18H2,1-5H3,(H,19,21);2*1H. The van der Waals surface area contributed by atoms with Crippen molar-refractivity contribution >= 4 is 30.7 Å². The van der Waals surface area contributed by atoms with E-state index in [-0.39, 0.29) is 36.8 Å². The number of aryl methyl sites for hydroxylation is 1. The fourth-order valence-electron chi connectivity index (χ4n) is 2.41. The van der Waals surface area contributed by atoms with Crippen LogP contribution in [0, 0.1) is 12.8 Å². The second-order valence-electron chi connectivity index (χ2n) is 6.49. The fraction of sp³-hybridized carbons (Fsp3) is 0.588. The molecule has 23 heavy (non-hydrogen) atoms. The Balaban J connectivity index is 0. The molecule has 0 saturated heterocycles. The van der Waals surface area contributed by atoms with E-state index in [4.69, 9.17) is 5.73 Å². The highest BCUT2D eigenvalue weighted by Crippen LogP contribution is 2.13. The van der Waals surface area contributed by atoms with Crippen LogP contribution in [0.15, 0.2) is 24.3 Å². The van der Waals surface area contributed by atoms with E-state index in [1.165, 1.54) is 0 Å². The lowest BCUT2D eigenvalue weighted by Gasteiger charge is -2.25. The van der Waals surface area contributed by atoms with Crippen molar-refractivity contribution in [2.75, 3.05) is 20.6 Å². The molecule has 0 aliphatic heterocycles. The third-order valence-corrected chi connectivity index (χ3v) is 3.41. The van der Waals surface area contributed by atoms with Crippen LogP contribution in [-0.2, 0) is 4.79 Å². The van der Waals surface area contributed by atoms with Crippen LogP contribution in [0.4, 0.5) is 0 Å². The minimum atomic E-state index is -0.609. The minimum Gasteiger partial charge on any atom is -0.350 e. The van der Waals surface area contributed by atoms with Crippen molar-refractivity contribution in [1.29, 1.82) is 0 Å². The second kappa shape index (κ2) is 11.7. The number of likely N-dealkylation sites (N-methyl/N-ethyl adjacent to an activating group) is 1. The summed E-state index contributed by atoms with van der Waals surface area (Å²) >= 11 is 0. The van der Waals surface area contributed by atoms with E-state index >= 15 is 0 Å². The maximum absolute atomic E-state index is 12.3. The summed E-state index contributed by atoms with van der Waals surface area (Å²) in [6, 6.07) is 7.32. The van der Waals surface area contributed by atoms with Crippen molar-refractivity contribution in [2.24, 2.45) is 11.7 Å². The molecule has 0 fully saturated rings.